The minimum atomic E-state index is -0.964. The van der Waals surface area contributed by atoms with Crippen molar-refractivity contribution >= 4 is 18.0 Å². The van der Waals surface area contributed by atoms with Crippen LogP contribution in [0.3, 0.4) is 0 Å². The number of carbonyl (C=O) groups is 2. The summed E-state index contributed by atoms with van der Waals surface area (Å²) in [6, 6.07) is 8.30. The zero-order valence-electron chi connectivity index (χ0n) is 15.1. The molecule has 0 N–H and O–H groups in total. The summed E-state index contributed by atoms with van der Waals surface area (Å²) in [5.41, 5.74) is 3.06. The Labute approximate surface area is 144 Å². The van der Waals surface area contributed by atoms with Crippen molar-refractivity contribution in [1.29, 1.82) is 0 Å². The smallest absolute Gasteiger partial charge is 0.305 e. The van der Waals surface area contributed by atoms with E-state index in [1.807, 2.05) is 25.1 Å². The van der Waals surface area contributed by atoms with Crippen molar-refractivity contribution in [1.82, 2.24) is 0 Å². The van der Waals surface area contributed by atoms with E-state index in [1.54, 1.807) is 0 Å². The molecule has 4 heteroatoms. The largest absolute Gasteiger partial charge is 0.421 e. The van der Waals surface area contributed by atoms with E-state index in [1.165, 1.54) is 38.7 Å². The molecule has 0 heterocycles. The fourth-order valence-electron chi connectivity index (χ4n) is 2.39. The molecule has 0 fully saturated rings. The van der Waals surface area contributed by atoms with Gasteiger partial charge in [-0.15, -0.1) is 0 Å². The lowest BCUT2D eigenvalue weighted by Gasteiger charge is -2.19. The van der Waals surface area contributed by atoms with Crippen molar-refractivity contribution in [2.75, 3.05) is 0 Å². The highest BCUT2D eigenvalue weighted by Gasteiger charge is 2.19. The zero-order valence-corrected chi connectivity index (χ0v) is 15.1. The van der Waals surface area contributed by atoms with E-state index in [2.05, 4.69) is 19.1 Å². The standard InChI is InChI=1S/C20H28O4/c1-5-7-8-9-17-10-12-18(13-11-17)14-19(6-2)20(23-15(3)21)24-16(4)22/h10-14,20H,5-9H2,1-4H3/b19-14+. The van der Waals surface area contributed by atoms with Gasteiger partial charge in [0, 0.05) is 19.4 Å². The Kier molecular flexibility index (Phi) is 8.84. The normalized spacial score (nSPS) is 11.5. The lowest BCUT2D eigenvalue weighted by Crippen LogP contribution is -2.24. The fourth-order valence-corrected chi connectivity index (χ4v) is 2.39. The number of ether oxygens (including phenoxy) is 2. The van der Waals surface area contributed by atoms with Gasteiger partial charge in [-0.1, -0.05) is 51.0 Å². The van der Waals surface area contributed by atoms with E-state index < -0.39 is 18.2 Å². The Morgan fingerprint density at radius 2 is 1.58 bits per heavy atom. The first-order valence-electron chi connectivity index (χ1n) is 8.60. The van der Waals surface area contributed by atoms with Crippen LogP contribution in [0, 0.1) is 0 Å². The van der Waals surface area contributed by atoms with Crippen LogP contribution < -0.4 is 0 Å². The van der Waals surface area contributed by atoms with Gasteiger partial charge >= 0.3 is 11.9 Å². The van der Waals surface area contributed by atoms with Crippen LogP contribution in [-0.2, 0) is 25.5 Å². The van der Waals surface area contributed by atoms with Gasteiger partial charge in [-0.05, 0) is 36.5 Å². The predicted molar refractivity (Wildman–Crippen MR) is 95.3 cm³/mol. The number of benzene rings is 1. The Balaban J connectivity index is 2.87. The van der Waals surface area contributed by atoms with Gasteiger partial charge in [-0.2, -0.15) is 0 Å². The van der Waals surface area contributed by atoms with Gasteiger partial charge < -0.3 is 9.47 Å². The van der Waals surface area contributed by atoms with Gasteiger partial charge in [0.2, 0.25) is 0 Å². The second kappa shape index (κ2) is 10.6. The molecule has 0 amide bonds. The second-order valence-corrected chi connectivity index (χ2v) is 5.82. The molecule has 0 aliphatic carbocycles. The quantitative estimate of drug-likeness (QED) is 0.375. The van der Waals surface area contributed by atoms with E-state index in [0.29, 0.717) is 6.42 Å². The predicted octanol–water partition coefficient (Wildman–Crippen LogP) is 4.67. The lowest BCUT2D eigenvalue weighted by molar-refractivity contribution is -0.178. The second-order valence-electron chi connectivity index (χ2n) is 5.82. The maximum absolute atomic E-state index is 11.2. The Morgan fingerprint density at radius 1 is 1.00 bits per heavy atom. The van der Waals surface area contributed by atoms with E-state index >= 15 is 0 Å². The first-order chi connectivity index (χ1) is 11.5. The fraction of sp³-hybridized carbons (Fsp3) is 0.500. The third-order valence-electron chi connectivity index (χ3n) is 3.66. The lowest BCUT2D eigenvalue weighted by atomic mass is 10.0. The van der Waals surface area contributed by atoms with E-state index in [0.717, 1.165) is 17.6 Å². The first-order valence-corrected chi connectivity index (χ1v) is 8.60. The Morgan fingerprint density at radius 3 is 2.04 bits per heavy atom. The van der Waals surface area contributed by atoms with Gasteiger partial charge in [0.25, 0.3) is 6.29 Å². The van der Waals surface area contributed by atoms with Crippen molar-refractivity contribution in [2.45, 2.75) is 66.1 Å². The van der Waals surface area contributed by atoms with Crippen LogP contribution in [0.5, 0.6) is 0 Å². The van der Waals surface area contributed by atoms with Crippen molar-refractivity contribution in [3.05, 3.63) is 41.0 Å². The summed E-state index contributed by atoms with van der Waals surface area (Å²) in [5.74, 6) is -0.959. The molecular formula is C20H28O4. The molecule has 0 saturated carbocycles. The Bertz CT molecular complexity index is 542. The van der Waals surface area contributed by atoms with Crippen LogP contribution in [0.25, 0.3) is 6.08 Å². The molecule has 4 nitrogen and oxygen atoms in total. The van der Waals surface area contributed by atoms with Crippen molar-refractivity contribution in [3.8, 4) is 0 Å². The number of hydrogen-bond donors (Lipinski definition) is 0. The molecule has 0 saturated heterocycles. The number of esters is 2. The SMILES string of the molecule is CCCCCc1ccc(/C=C(\CC)C(OC(C)=O)OC(C)=O)cc1. The molecule has 0 aromatic heterocycles. The van der Waals surface area contributed by atoms with E-state index in [9.17, 15) is 9.59 Å². The Hall–Kier alpha value is -2.10. The van der Waals surface area contributed by atoms with Crippen molar-refractivity contribution in [3.63, 3.8) is 0 Å². The maximum Gasteiger partial charge on any atom is 0.305 e. The maximum atomic E-state index is 11.2. The molecule has 0 unspecified atom stereocenters. The molecule has 0 aliphatic heterocycles. The summed E-state index contributed by atoms with van der Waals surface area (Å²) in [4.78, 5) is 22.5. The summed E-state index contributed by atoms with van der Waals surface area (Å²) in [6.45, 7) is 6.73. The zero-order chi connectivity index (χ0) is 17.9. The van der Waals surface area contributed by atoms with Gasteiger partial charge in [-0.25, -0.2) is 0 Å². The topological polar surface area (TPSA) is 52.6 Å². The van der Waals surface area contributed by atoms with Crippen LogP contribution in [0.15, 0.2) is 29.8 Å². The molecule has 1 aromatic rings. The monoisotopic (exact) mass is 332 g/mol. The molecule has 132 valence electrons. The van der Waals surface area contributed by atoms with E-state index in [-0.39, 0.29) is 0 Å². The van der Waals surface area contributed by atoms with E-state index in [4.69, 9.17) is 9.47 Å². The minimum absolute atomic E-state index is 0.480. The van der Waals surface area contributed by atoms with Crippen LogP contribution in [0.1, 0.15) is 64.5 Å². The average molecular weight is 332 g/mol. The van der Waals surface area contributed by atoms with Crippen molar-refractivity contribution < 1.29 is 19.1 Å². The number of hydrogen-bond acceptors (Lipinski definition) is 4. The average Bonchev–Trinajstić information content (AvgIpc) is 2.52. The summed E-state index contributed by atoms with van der Waals surface area (Å²) in [6.07, 6.45) is 6.31. The summed E-state index contributed by atoms with van der Waals surface area (Å²) in [5, 5.41) is 0. The highest BCUT2D eigenvalue weighted by atomic mass is 16.7. The van der Waals surface area contributed by atoms with Crippen LogP contribution >= 0.6 is 0 Å². The molecule has 0 bridgehead atoms. The molecule has 0 aliphatic rings. The molecule has 1 rings (SSSR count). The molecular weight excluding hydrogens is 304 g/mol. The summed E-state index contributed by atoms with van der Waals surface area (Å²) < 4.78 is 10.3. The number of carbonyl (C=O) groups excluding carboxylic acids is 2. The minimum Gasteiger partial charge on any atom is -0.421 e. The molecule has 1 aromatic carbocycles. The summed E-state index contributed by atoms with van der Waals surface area (Å²) in [7, 11) is 0. The third kappa shape index (κ3) is 7.44. The number of rotatable bonds is 9. The van der Waals surface area contributed by atoms with Gasteiger partial charge in [0.1, 0.15) is 0 Å². The first kappa shape index (κ1) is 19.9. The van der Waals surface area contributed by atoms with Gasteiger partial charge in [-0.3, -0.25) is 9.59 Å². The number of aryl methyl sites for hydroxylation is 1. The van der Waals surface area contributed by atoms with Crippen molar-refractivity contribution in [2.24, 2.45) is 0 Å². The van der Waals surface area contributed by atoms with Crippen LogP contribution in [0.2, 0.25) is 0 Å². The molecule has 0 atom stereocenters. The number of unbranched alkanes of at least 4 members (excludes halogenated alkanes) is 2. The highest BCUT2D eigenvalue weighted by Crippen LogP contribution is 2.19. The van der Waals surface area contributed by atoms with Gasteiger partial charge in [0.05, 0.1) is 0 Å². The third-order valence-corrected chi connectivity index (χ3v) is 3.66. The summed E-state index contributed by atoms with van der Waals surface area (Å²) >= 11 is 0. The highest BCUT2D eigenvalue weighted by molar-refractivity contribution is 5.69. The van der Waals surface area contributed by atoms with Crippen LogP contribution in [0.4, 0.5) is 0 Å². The van der Waals surface area contributed by atoms with Gasteiger partial charge in [0.15, 0.2) is 0 Å². The molecule has 0 spiro atoms. The molecule has 0 radical (unpaired) electrons. The molecule has 24 heavy (non-hydrogen) atoms. The van der Waals surface area contributed by atoms with Crippen LogP contribution in [-0.4, -0.2) is 18.2 Å².